The number of hydrogen-bond donors (Lipinski definition) is 1. The predicted molar refractivity (Wildman–Crippen MR) is 64.0 cm³/mol. The summed E-state index contributed by atoms with van der Waals surface area (Å²) in [6, 6.07) is 8.95. The van der Waals surface area contributed by atoms with E-state index in [0.717, 1.165) is 0 Å². The smallest absolute Gasteiger partial charge is 0.360 e. The Balaban J connectivity index is 2.57. The Labute approximate surface area is 103 Å². The van der Waals surface area contributed by atoms with Crippen LogP contribution >= 0.6 is 0 Å². The van der Waals surface area contributed by atoms with Gasteiger partial charge in [0.2, 0.25) is 0 Å². The highest BCUT2D eigenvalue weighted by Gasteiger charge is 2.17. The maximum atomic E-state index is 11.4. The van der Waals surface area contributed by atoms with Crippen LogP contribution in [0.15, 0.2) is 30.6 Å². The number of rotatable bonds is 2. The van der Waals surface area contributed by atoms with Crippen LogP contribution < -0.4 is 5.73 Å². The molecule has 0 atom stereocenters. The van der Waals surface area contributed by atoms with Crippen molar-refractivity contribution in [2.24, 2.45) is 0 Å². The van der Waals surface area contributed by atoms with Crippen molar-refractivity contribution in [3.8, 4) is 11.8 Å². The number of ether oxygens (including phenoxy) is 1. The molecule has 0 saturated carbocycles. The van der Waals surface area contributed by atoms with E-state index in [-0.39, 0.29) is 11.5 Å². The highest BCUT2D eigenvalue weighted by molar-refractivity contribution is 5.92. The number of benzene rings is 1. The van der Waals surface area contributed by atoms with Crippen molar-refractivity contribution >= 4 is 11.8 Å². The van der Waals surface area contributed by atoms with Gasteiger partial charge in [-0.25, -0.2) is 9.78 Å². The minimum Gasteiger partial charge on any atom is -0.464 e. The molecule has 2 aromatic rings. The number of nitrogen functional groups attached to an aromatic ring is 1. The summed E-state index contributed by atoms with van der Waals surface area (Å²) in [5.74, 6) is -0.467. The molecule has 0 aliphatic rings. The van der Waals surface area contributed by atoms with Gasteiger partial charge >= 0.3 is 5.97 Å². The first-order valence-corrected chi connectivity index (χ1v) is 5.09. The maximum absolute atomic E-state index is 11.4. The van der Waals surface area contributed by atoms with Crippen LogP contribution in [-0.2, 0) is 4.74 Å². The number of hydrogen-bond acceptors (Lipinski definition) is 5. The van der Waals surface area contributed by atoms with E-state index in [1.807, 2.05) is 0 Å². The highest BCUT2D eigenvalue weighted by atomic mass is 16.5. The van der Waals surface area contributed by atoms with Gasteiger partial charge in [-0.3, -0.25) is 4.57 Å². The van der Waals surface area contributed by atoms with Crippen LogP contribution in [0, 0.1) is 11.3 Å². The number of carbonyl (C=O) groups excluding carboxylic acids is 1. The second-order valence-corrected chi connectivity index (χ2v) is 3.47. The third kappa shape index (κ3) is 1.78. The molecule has 2 N–H and O–H groups in total. The molecule has 1 aromatic carbocycles. The minimum absolute atomic E-state index is 0.0326. The van der Waals surface area contributed by atoms with Crippen molar-refractivity contribution in [2.75, 3.05) is 12.8 Å². The summed E-state index contributed by atoms with van der Waals surface area (Å²) in [5, 5.41) is 9.02. The number of para-hydroxylation sites is 1. The fourth-order valence-corrected chi connectivity index (χ4v) is 1.58. The molecule has 1 heterocycles. The molecule has 6 heteroatoms. The molecule has 1 aromatic heterocycles. The number of carbonyl (C=O) groups is 1. The van der Waals surface area contributed by atoms with Crippen molar-refractivity contribution in [3.63, 3.8) is 0 Å². The molecule has 0 fully saturated rings. The monoisotopic (exact) mass is 242 g/mol. The number of aromatic nitrogens is 2. The minimum atomic E-state index is -0.610. The van der Waals surface area contributed by atoms with Gasteiger partial charge in [-0.05, 0) is 12.1 Å². The molecule has 90 valence electrons. The third-order valence-electron chi connectivity index (χ3n) is 2.47. The summed E-state index contributed by atoms with van der Waals surface area (Å²) < 4.78 is 6.04. The zero-order chi connectivity index (χ0) is 13.1. The molecule has 0 aliphatic carbocycles. The van der Waals surface area contributed by atoms with E-state index in [4.69, 9.17) is 11.0 Å². The first-order valence-electron chi connectivity index (χ1n) is 5.09. The molecule has 6 nitrogen and oxygen atoms in total. The molecule has 0 radical (unpaired) electrons. The first kappa shape index (κ1) is 11.7. The van der Waals surface area contributed by atoms with Crippen LogP contribution in [0.25, 0.3) is 5.69 Å². The van der Waals surface area contributed by atoms with E-state index in [1.165, 1.54) is 18.0 Å². The third-order valence-corrected chi connectivity index (χ3v) is 2.47. The summed E-state index contributed by atoms with van der Waals surface area (Å²) >= 11 is 0. The average Bonchev–Trinajstić information content (AvgIpc) is 2.79. The number of imidazole rings is 1. The van der Waals surface area contributed by atoms with Crippen molar-refractivity contribution in [2.45, 2.75) is 0 Å². The fourth-order valence-electron chi connectivity index (χ4n) is 1.58. The molecule has 2 rings (SSSR count). The highest BCUT2D eigenvalue weighted by Crippen LogP contribution is 2.20. The van der Waals surface area contributed by atoms with Gasteiger partial charge < -0.3 is 10.5 Å². The SMILES string of the molecule is COC(=O)c1ncn(-c2ccccc2C#N)c1N. The van der Waals surface area contributed by atoms with Crippen LogP contribution in [0.4, 0.5) is 5.82 Å². The van der Waals surface area contributed by atoms with E-state index < -0.39 is 5.97 Å². The Hall–Kier alpha value is -2.81. The summed E-state index contributed by atoms with van der Waals surface area (Å²) in [5.41, 5.74) is 6.87. The van der Waals surface area contributed by atoms with Crippen molar-refractivity contribution in [1.29, 1.82) is 5.26 Å². The van der Waals surface area contributed by atoms with Gasteiger partial charge in [-0.15, -0.1) is 0 Å². The fraction of sp³-hybridized carbons (Fsp3) is 0.0833. The Bertz CT molecular complexity index is 640. The van der Waals surface area contributed by atoms with Gasteiger partial charge in [0.1, 0.15) is 18.2 Å². The molecule has 0 bridgehead atoms. The maximum Gasteiger partial charge on any atom is 0.360 e. The van der Waals surface area contributed by atoms with Gasteiger partial charge in [0.05, 0.1) is 18.4 Å². The van der Waals surface area contributed by atoms with Crippen LogP contribution in [-0.4, -0.2) is 22.6 Å². The summed E-state index contributed by atoms with van der Waals surface area (Å²) in [6.07, 6.45) is 1.39. The van der Waals surface area contributed by atoms with E-state index in [0.29, 0.717) is 11.3 Å². The Morgan fingerprint density at radius 3 is 2.89 bits per heavy atom. The zero-order valence-electron chi connectivity index (χ0n) is 9.62. The van der Waals surface area contributed by atoms with Gasteiger partial charge in [0, 0.05) is 0 Å². The van der Waals surface area contributed by atoms with Crippen LogP contribution in [0.2, 0.25) is 0 Å². The predicted octanol–water partition coefficient (Wildman–Crippen LogP) is 1.11. The van der Waals surface area contributed by atoms with Crippen LogP contribution in [0.1, 0.15) is 16.1 Å². The lowest BCUT2D eigenvalue weighted by atomic mass is 10.2. The first-order chi connectivity index (χ1) is 8.69. The van der Waals surface area contributed by atoms with Gasteiger partial charge in [0.15, 0.2) is 5.69 Å². The molecule has 0 unspecified atom stereocenters. The molecule has 0 spiro atoms. The number of nitrogens with zero attached hydrogens (tertiary/aromatic N) is 3. The van der Waals surface area contributed by atoms with Crippen molar-refractivity contribution in [3.05, 3.63) is 41.9 Å². The number of nitrogens with two attached hydrogens (primary N) is 1. The lowest BCUT2D eigenvalue weighted by molar-refractivity contribution is 0.0596. The normalized spacial score (nSPS) is 9.78. The lowest BCUT2D eigenvalue weighted by Crippen LogP contribution is -2.08. The van der Waals surface area contributed by atoms with E-state index in [2.05, 4.69) is 15.8 Å². The molecular formula is C12H10N4O2. The summed E-state index contributed by atoms with van der Waals surface area (Å²) in [4.78, 5) is 15.3. The van der Waals surface area contributed by atoms with Gasteiger partial charge in [0.25, 0.3) is 0 Å². The standard InChI is InChI=1S/C12H10N4O2/c1-18-12(17)10-11(14)16(7-15-10)9-5-3-2-4-8(9)6-13/h2-5,7H,14H2,1H3. The van der Waals surface area contributed by atoms with Crippen molar-refractivity contribution < 1.29 is 9.53 Å². The van der Waals surface area contributed by atoms with Gasteiger partial charge in [-0.1, -0.05) is 12.1 Å². The number of methoxy groups -OCH3 is 1. The zero-order valence-corrected chi connectivity index (χ0v) is 9.62. The average molecular weight is 242 g/mol. The molecular weight excluding hydrogens is 232 g/mol. The largest absolute Gasteiger partial charge is 0.464 e. The second-order valence-electron chi connectivity index (χ2n) is 3.47. The Morgan fingerprint density at radius 1 is 1.50 bits per heavy atom. The summed E-state index contributed by atoms with van der Waals surface area (Å²) in [7, 11) is 1.25. The quantitative estimate of drug-likeness (QED) is 0.796. The van der Waals surface area contributed by atoms with E-state index in [9.17, 15) is 4.79 Å². The van der Waals surface area contributed by atoms with E-state index in [1.54, 1.807) is 24.3 Å². The number of anilines is 1. The lowest BCUT2D eigenvalue weighted by Gasteiger charge is -2.06. The van der Waals surface area contributed by atoms with Crippen LogP contribution in [0.5, 0.6) is 0 Å². The number of nitriles is 1. The Morgan fingerprint density at radius 2 is 2.22 bits per heavy atom. The van der Waals surface area contributed by atoms with E-state index >= 15 is 0 Å². The van der Waals surface area contributed by atoms with Gasteiger partial charge in [-0.2, -0.15) is 5.26 Å². The Kier molecular flexibility index (Phi) is 2.98. The topological polar surface area (TPSA) is 93.9 Å². The molecule has 0 amide bonds. The van der Waals surface area contributed by atoms with Crippen molar-refractivity contribution in [1.82, 2.24) is 9.55 Å². The second kappa shape index (κ2) is 4.59. The molecule has 0 saturated heterocycles. The summed E-state index contributed by atoms with van der Waals surface area (Å²) in [6.45, 7) is 0. The number of esters is 1. The molecule has 18 heavy (non-hydrogen) atoms. The molecule has 0 aliphatic heterocycles. The van der Waals surface area contributed by atoms with Crippen LogP contribution in [0.3, 0.4) is 0 Å².